The molecule has 0 aliphatic heterocycles. The first-order valence-electron chi connectivity index (χ1n) is 11.2. The van der Waals surface area contributed by atoms with Crippen molar-refractivity contribution in [1.82, 2.24) is 10.3 Å². The Hall–Kier alpha value is -3.51. The van der Waals surface area contributed by atoms with Crippen molar-refractivity contribution < 1.29 is 19.1 Å². The molecule has 0 fully saturated rings. The van der Waals surface area contributed by atoms with E-state index in [2.05, 4.69) is 42.6 Å². The number of fused-ring (bicyclic) bond motifs is 2. The van der Waals surface area contributed by atoms with Gasteiger partial charge in [0.1, 0.15) is 0 Å². The smallest absolute Gasteiger partial charge is 0.339 e. The van der Waals surface area contributed by atoms with Crippen molar-refractivity contribution in [3.63, 3.8) is 0 Å². The van der Waals surface area contributed by atoms with E-state index in [-0.39, 0.29) is 12.5 Å². The zero-order valence-electron chi connectivity index (χ0n) is 19.0. The molecule has 1 heterocycles. The first-order valence-corrected chi connectivity index (χ1v) is 11.2. The lowest BCUT2D eigenvalue weighted by Gasteiger charge is -2.22. The van der Waals surface area contributed by atoms with Crippen molar-refractivity contribution >= 4 is 34.4 Å². The number of ether oxygens (including phenoxy) is 2. The van der Waals surface area contributed by atoms with Gasteiger partial charge in [-0.05, 0) is 55.0 Å². The number of methoxy groups -OCH3 is 1. The summed E-state index contributed by atoms with van der Waals surface area (Å²) in [7, 11) is 1.56. The fourth-order valence-corrected chi connectivity index (χ4v) is 4.12. The zero-order chi connectivity index (χ0) is 23.2. The molecule has 6 heteroatoms. The molecule has 3 aromatic rings. The molecular formula is C27H28N2O4. The number of para-hydroxylation sites is 1. The molecule has 1 aliphatic carbocycles. The lowest BCUT2D eigenvalue weighted by molar-refractivity contribution is -0.124. The van der Waals surface area contributed by atoms with Gasteiger partial charge in [-0.3, -0.25) is 4.79 Å². The molecule has 0 bridgehead atoms. The van der Waals surface area contributed by atoms with E-state index in [1.807, 2.05) is 24.3 Å². The Morgan fingerprint density at radius 2 is 1.88 bits per heavy atom. The minimum atomic E-state index is -0.497. The molecule has 1 aliphatic rings. The average Bonchev–Trinajstić information content (AvgIpc) is 2.83. The number of aryl methyl sites for hydroxylation is 1. The van der Waals surface area contributed by atoms with Gasteiger partial charge in [-0.15, -0.1) is 0 Å². The third kappa shape index (κ3) is 5.29. The molecule has 33 heavy (non-hydrogen) atoms. The number of aromatic nitrogens is 1. The van der Waals surface area contributed by atoms with Crippen molar-refractivity contribution in [3.05, 3.63) is 76.5 Å². The van der Waals surface area contributed by atoms with E-state index in [1.165, 1.54) is 5.56 Å². The van der Waals surface area contributed by atoms with Crippen molar-refractivity contribution in [3.8, 4) is 0 Å². The van der Waals surface area contributed by atoms with Crippen molar-refractivity contribution in [1.29, 1.82) is 0 Å². The van der Waals surface area contributed by atoms with Crippen LogP contribution in [-0.2, 0) is 20.7 Å². The molecule has 0 saturated heterocycles. The van der Waals surface area contributed by atoms with E-state index in [9.17, 15) is 9.59 Å². The molecule has 1 aromatic heterocycles. The minimum absolute atomic E-state index is 0.333. The average molecular weight is 445 g/mol. The van der Waals surface area contributed by atoms with Crippen LogP contribution >= 0.6 is 0 Å². The van der Waals surface area contributed by atoms with Crippen LogP contribution in [0.25, 0.3) is 22.6 Å². The predicted molar refractivity (Wildman–Crippen MR) is 129 cm³/mol. The molecular weight excluding hydrogens is 416 g/mol. The zero-order valence-corrected chi connectivity index (χ0v) is 19.0. The second-order valence-corrected chi connectivity index (χ2v) is 8.18. The molecule has 0 radical (unpaired) electrons. The topological polar surface area (TPSA) is 77.5 Å². The highest BCUT2D eigenvalue weighted by molar-refractivity contribution is 6.07. The van der Waals surface area contributed by atoms with Gasteiger partial charge in [0.2, 0.25) is 0 Å². The van der Waals surface area contributed by atoms with Crippen molar-refractivity contribution in [2.24, 2.45) is 0 Å². The minimum Gasteiger partial charge on any atom is -0.452 e. The first kappa shape index (κ1) is 22.7. The van der Waals surface area contributed by atoms with E-state index in [0.29, 0.717) is 18.7 Å². The van der Waals surface area contributed by atoms with Gasteiger partial charge in [-0.25, -0.2) is 9.78 Å². The molecule has 170 valence electrons. The third-order valence-corrected chi connectivity index (χ3v) is 5.76. The quantitative estimate of drug-likeness (QED) is 0.433. The summed E-state index contributed by atoms with van der Waals surface area (Å²) in [4.78, 5) is 30.1. The normalized spacial score (nSPS) is 14.2. The largest absolute Gasteiger partial charge is 0.452 e. The number of allylic oxidation sites excluding steroid dienone is 1. The number of nitrogens with zero attached hydrogens (tertiary/aromatic N) is 1. The Morgan fingerprint density at radius 3 is 2.67 bits per heavy atom. The standard InChI is InChI=1S/C27H28N2O4/c1-18-10-12-19(13-11-18)16-20-6-5-8-22-25(21-7-3-4-9-23(21)29-26(20)22)27(31)33-17-24(30)28-14-15-32-2/h3-4,7,9-13,16H,5-6,8,14-15,17H2,1-2H3,(H,28,30)/b20-16+. The highest BCUT2D eigenvalue weighted by Crippen LogP contribution is 2.36. The maximum absolute atomic E-state index is 13.2. The summed E-state index contributed by atoms with van der Waals surface area (Å²) in [6, 6.07) is 15.9. The van der Waals surface area contributed by atoms with Crippen LogP contribution in [0.1, 0.15) is 45.6 Å². The van der Waals surface area contributed by atoms with Crippen LogP contribution in [-0.4, -0.2) is 43.7 Å². The number of nitrogens with one attached hydrogen (secondary N) is 1. The second kappa shape index (κ2) is 10.4. The number of esters is 1. The van der Waals surface area contributed by atoms with Crippen LogP contribution in [0.15, 0.2) is 48.5 Å². The van der Waals surface area contributed by atoms with E-state index in [4.69, 9.17) is 14.5 Å². The van der Waals surface area contributed by atoms with E-state index >= 15 is 0 Å². The maximum Gasteiger partial charge on any atom is 0.339 e. The molecule has 0 unspecified atom stereocenters. The summed E-state index contributed by atoms with van der Waals surface area (Å²) in [5.74, 6) is -0.851. The van der Waals surface area contributed by atoms with Gasteiger partial charge in [-0.2, -0.15) is 0 Å². The number of hydrogen-bond acceptors (Lipinski definition) is 5. The molecule has 1 N–H and O–H groups in total. The Bertz CT molecular complexity index is 1200. The van der Waals surface area contributed by atoms with E-state index in [1.54, 1.807) is 7.11 Å². The van der Waals surface area contributed by atoms with Gasteiger partial charge >= 0.3 is 5.97 Å². The van der Waals surface area contributed by atoms with Gasteiger partial charge < -0.3 is 14.8 Å². The maximum atomic E-state index is 13.2. The van der Waals surface area contributed by atoms with Crippen LogP contribution in [0.2, 0.25) is 0 Å². The fourth-order valence-electron chi connectivity index (χ4n) is 4.12. The fraction of sp³-hybridized carbons (Fsp3) is 0.296. The summed E-state index contributed by atoms with van der Waals surface area (Å²) >= 11 is 0. The Kier molecular flexibility index (Phi) is 7.15. The Labute approximate surface area is 193 Å². The molecule has 6 nitrogen and oxygen atoms in total. The van der Waals surface area contributed by atoms with Gasteiger partial charge in [-0.1, -0.05) is 48.0 Å². The second-order valence-electron chi connectivity index (χ2n) is 8.18. The summed E-state index contributed by atoms with van der Waals surface area (Å²) in [6.07, 6.45) is 4.70. The number of pyridine rings is 1. The lowest BCUT2D eigenvalue weighted by atomic mass is 9.86. The first-order chi connectivity index (χ1) is 16.1. The highest BCUT2D eigenvalue weighted by Gasteiger charge is 2.26. The van der Waals surface area contributed by atoms with E-state index in [0.717, 1.165) is 52.6 Å². The predicted octanol–water partition coefficient (Wildman–Crippen LogP) is 4.34. The number of rotatable bonds is 7. The van der Waals surface area contributed by atoms with Crippen LogP contribution in [0, 0.1) is 6.92 Å². The summed E-state index contributed by atoms with van der Waals surface area (Å²) in [5, 5.41) is 3.41. The monoisotopic (exact) mass is 444 g/mol. The SMILES string of the molecule is COCCNC(=O)COC(=O)c1c2c(nc3ccccc13)/C(=C/c1ccc(C)cc1)CCC2. The van der Waals surface area contributed by atoms with Gasteiger partial charge in [0.15, 0.2) is 6.61 Å². The van der Waals surface area contributed by atoms with Crippen molar-refractivity contribution in [2.45, 2.75) is 26.2 Å². The van der Waals surface area contributed by atoms with Gasteiger partial charge in [0.05, 0.1) is 23.4 Å². The highest BCUT2D eigenvalue weighted by atomic mass is 16.5. The van der Waals surface area contributed by atoms with Crippen LogP contribution in [0.3, 0.4) is 0 Å². The molecule has 0 atom stereocenters. The Morgan fingerprint density at radius 1 is 1.09 bits per heavy atom. The lowest BCUT2D eigenvalue weighted by Crippen LogP contribution is -2.31. The molecule has 0 spiro atoms. The van der Waals surface area contributed by atoms with Crippen molar-refractivity contribution in [2.75, 3.05) is 26.9 Å². The molecule has 4 rings (SSSR count). The number of carbonyl (C=O) groups excluding carboxylic acids is 2. The summed E-state index contributed by atoms with van der Waals surface area (Å²) in [5.41, 5.74) is 6.41. The number of carbonyl (C=O) groups is 2. The van der Waals surface area contributed by atoms with E-state index < -0.39 is 5.97 Å². The number of benzene rings is 2. The van der Waals surface area contributed by atoms with Crippen LogP contribution < -0.4 is 5.32 Å². The number of hydrogen-bond donors (Lipinski definition) is 1. The third-order valence-electron chi connectivity index (χ3n) is 5.76. The molecule has 1 amide bonds. The summed E-state index contributed by atoms with van der Waals surface area (Å²) < 4.78 is 10.3. The molecule has 2 aromatic carbocycles. The van der Waals surface area contributed by atoms with Crippen LogP contribution in [0.5, 0.6) is 0 Å². The van der Waals surface area contributed by atoms with Gasteiger partial charge in [0, 0.05) is 19.0 Å². The van der Waals surface area contributed by atoms with Crippen LogP contribution in [0.4, 0.5) is 0 Å². The molecule has 0 saturated carbocycles. The Balaban J connectivity index is 1.69. The summed E-state index contributed by atoms with van der Waals surface area (Å²) in [6.45, 7) is 2.50. The number of amides is 1. The van der Waals surface area contributed by atoms with Gasteiger partial charge in [0.25, 0.3) is 5.91 Å².